The molecule has 7 nitrogen and oxygen atoms in total. The number of halogens is 1. The standard InChI is InChI=1S/C21H19FN6OS/c1-14-7-8-15(10-18(14)22)9-17-11-24-21(30-17)26-20(29)23-12-19-27-25-13-28(19)16-5-3-2-4-6-16/h2-8,10-11,13H,9,12H2,1H3,(H2,23,24,26,29). The van der Waals surface area contributed by atoms with Crippen LogP contribution in [0.5, 0.6) is 0 Å². The van der Waals surface area contributed by atoms with Crippen molar-refractivity contribution in [3.05, 3.63) is 88.7 Å². The van der Waals surface area contributed by atoms with E-state index in [-0.39, 0.29) is 18.4 Å². The SMILES string of the molecule is Cc1ccc(Cc2cnc(NC(=O)NCc3nncn3-c3ccccc3)s2)cc1F. The molecule has 0 saturated carbocycles. The van der Waals surface area contributed by atoms with E-state index in [0.29, 0.717) is 22.9 Å². The average Bonchev–Trinajstić information content (AvgIpc) is 3.39. The van der Waals surface area contributed by atoms with Crippen LogP contribution in [0.3, 0.4) is 0 Å². The molecule has 2 amide bonds. The monoisotopic (exact) mass is 422 g/mol. The third kappa shape index (κ3) is 4.69. The molecule has 0 atom stereocenters. The number of carbonyl (C=O) groups excluding carboxylic acids is 1. The third-order valence-corrected chi connectivity index (χ3v) is 5.36. The quantitative estimate of drug-likeness (QED) is 0.490. The van der Waals surface area contributed by atoms with E-state index in [0.717, 1.165) is 16.1 Å². The van der Waals surface area contributed by atoms with Gasteiger partial charge < -0.3 is 5.32 Å². The second-order valence-electron chi connectivity index (χ2n) is 6.65. The summed E-state index contributed by atoms with van der Waals surface area (Å²) in [7, 11) is 0. The molecule has 0 fully saturated rings. The van der Waals surface area contributed by atoms with Crippen molar-refractivity contribution in [1.82, 2.24) is 25.1 Å². The highest BCUT2D eigenvalue weighted by Crippen LogP contribution is 2.22. The molecule has 2 N–H and O–H groups in total. The number of aryl methyl sites for hydroxylation is 1. The van der Waals surface area contributed by atoms with Gasteiger partial charge in [-0.3, -0.25) is 9.88 Å². The minimum Gasteiger partial charge on any atom is -0.330 e. The van der Waals surface area contributed by atoms with Crippen molar-refractivity contribution in [1.29, 1.82) is 0 Å². The number of hydrogen-bond acceptors (Lipinski definition) is 5. The summed E-state index contributed by atoms with van der Waals surface area (Å²) in [6.45, 7) is 1.94. The van der Waals surface area contributed by atoms with Crippen LogP contribution in [0.25, 0.3) is 5.69 Å². The molecule has 152 valence electrons. The van der Waals surface area contributed by atoms with Crippen molar-refractivity contribution in [2.75, 3.05) is 5.32 Å². The van der Waals surface area contributed by atoms with Crippen LogP contribution in [-0.2, 0) is 13.0 Å². The average molecular weight is 422 g/mol. The maximum atomic E-state index is 13.7. The van der Waals surface area contributed by atoms with Crippen LogP contribution in [-0.4, -0.2) is 25.8 Å². The number of urea groups is 1. The Balaban J connectivity index is 1.33. The van der Waals surface area contributed by atoms with E-state index in [9.17, 15) is 9.18 Å². The lowest BCUT2D eigenvalue weighted by molar-refractivity contribution is 0.251. The number of para-hydroxylation sites is 1. The smallest absolute Gasteiger partial charge is 0.321 e. The summed E-state index contributed by atoms with van der Waals surface area (Å²) >= 11 is 1.35. The highest BCUT2D eigenvalue weighted by molar-refractivity contribution is 7.15. The highest BCUT2D eigenvalue weighted by atomic mass is 32.1. The number of aromatic nitrogens is 4. The van der Waals surface area contributed by atoms with Crippen LogP contribution in [0.15, 0.2) is 61.1 Å². The largest absolute Gasteiger partial charge is 0.330 e. The fourth-order valence-corrected chi connectivity index (χ4v) is 3.72. The van der Waals surface area contributed by atoms with Crippen LogP contribution in [0.1, 0.15) is 21.8 Å². The second-order valence-corrected chi connectivity index (χ2v) is 7.77. The second kappa shape index (κ2) is 8.83. The summed E-state index contributed by atoms with van der Waals surface area (Å²) < 4.78 is 15.5. The van der Waals surface area contributed by atoms with Gasteiger partial charge in [0, 0.05) is 23.2 Å². The Morgan fingerprint density at radius 2 is 2.03 bits per heavy atom. The number of thiazole rings is 1. The molecule has 0 aliphatic carbocycles. The zero-order chi connectivity index (χ0) is 20.9. The van der Waals surface area contributed by atoms with Crippen molar-refractivity contribution >= 4 is 22.5 Å². The lowest BCUT2D eigenvalue weighted by atomic mass is 10.1. The van der Waals surface area contributed by atoms with Crippen molar-refractivity contribution in [2.45, 2.75) is 19.9 Å². The third-order valence-electron chi connectivity index (χ3n) is 4.45. The van der Waals surface area contributed by atoms with Gasteiger partial charge >= 0.3 is 6.03 Å². The summed E-state index contributed by atoms with van der Waals surface area (Å²) in [4.78, 5) is 17.4. The minimum atomic E-state index is -0.389. The molecule has 2 aromatic carbocycles. The molecule has 0 bridgehead atoms. The topological polar surface area (TPSA) is 84.7 Å². The molecule has 0 spiro atoms. The maximum Gasteiger partial charge on any atom is 0.321 e. The Kier molecular flexibility index (Phi) is 5.80. The molecule has 0 aliphatic heterocycles. The van der Waals surface area contributed by atoms with Gasteiger partial charge in [-0.05, 0) is 36.2 Å². The molecule has 0 radical (unpaired) electrons. The number of amides is 2. The number of carbonyl (C=O) groups is 1. The van der Waals surface area contributed by atoms with E-state index in [1.54, 1.807) is 25.5 Å². The lowest BCUT2D eigenvalue weighted by Crippen LogP contribution is -2.29. The van der Waals surface area contributed by atoms with Gasteiger partial charge in [-0.1, -0.05) is 30.3 Å². The zero-order valence-corrected chi connectivity index (χ0v) is 17.0. The first-order valence-corrected chi connectivity index (χ1v) is 10.1. The first-order chi connectivity index (χ1) is 14.6. The molecule has 9 heteroatoms. The lowest BCUT2D eigenvalue weighted by Gasteiger charge is -2.08. The molecule has 4 rings (SSSR count). The van der Waals surface area contributed by atoms with E-state index in [1.165, 1.54) is 17.4 Å². The van der Waals surface area contributed by atoms with Crippen molar-refractivity contribution in [3.8, 4) is 5.69 Å². The predicted octanol–water partition coefficient (Wildman–Crippen LogP) is 4.08. The van der Waals surface area contributed by atoms with E-state index < -0.39 is 0 Å². The van der Waals surface area contributed by atoms with Gasteiger partial charge in [0.15, 0.2) is 11.0 Å². The van der Waals surface area contributed by atoms with E-state index in [2.05, 4.69) is 25.8 Å². The number of hydrogen-bond donors (Lipinski definition) is 2. The van der Waals surface area contributed by atoms with Gasteiger partial charge in [0.25, 0.3) is 0 Å². The van der Waals surface area contributed by atoms with Gasteiger partial charge in [0.05, 0.1) is 6.54 Å². The number of nitrogens with one attached hydrogen (secondary N) is 2. The Labute approximate surface area is 176 Å². The van der Waals surface area contributed by atoms with Gasteiger partial charge in [0.2, 0.25) is 0 Å². The summed E-state index contributed by atoms with van der Waals surface area (Å²) in [5, 5.41) is 13.9. The Morgan fingerprint density at radius 3 is 2.83 bits per heavy atom. The van der Waals surface area contributed by atoms with Crippen molar-refractivity contribution in [3.63, 3.8) is 0 Å². The molecular weight excluding hydrogens is 403 g/mol. The molecule has 4 aromatic rings. The molecule has 2 heterocycles. The maximum absolute atomic E-state index is 13.7. The number of benzene rings is 2. The molecule has 0 unspecified atom stereocenters. The van der Waals surface area contributed by atoms with Gasteiger partial charge in [0.1, 0.15) is 12.1 Å². The summed E-state index contributed by atoms with van der Waals surface area (Å²) in [6.07, 6.45) is 3.84. The van der Waals surface area contributed by atoms with E-state index >= 15 is 0 Å². The fraction of sp³-hybridized carbons (Fsp3) is 0.143. The predicted molar refractivity (Wildman–Crippen MR) is 113 cm³/mol. The Morgan fingerprint density at radius 1 is 1.20 bits per heavy atom. The zero-order valence-electron chi connectivity index (χ0n) is 16.2. The van der Waals surface area contributed by atoms with Gasteiger partial charge in [-0.15, -0.1) is 21.5 Å². The van der Waals surface area contributed by atoms with Crippen molar-refractivity contribution < 1.29 is 9.18 Å². The van der Waals surface area contributed by atoms with Crippen LogP contribution >= 0.6 is 11.3 Å². The molecule has 0 saturated heterocycles. The summed E-state index contributed by atoms with van der Waals surface area (Å²) in [5.74, 6) is 0.385. The number of rotatable bonds is 6. The number of nitrogens with zero attached hydrogens (tertiary/aromatic N) is 4. The Bertz CT molecular complexity index is 1160. The highest BCUT2D eigenvalue weighted by Gasteiger charge is 2.11. The number of anilines is 1. The van der Waals surface area contributed by atoms with Crippen LogP contribution < -0.4 is 10.6 Å². The Hall–Kier alpha value is -3.59. The fourth-order valence-electron chi connectivity index (χ4n) is 2.88. The van der Waals surface area contributed by atoms with Crippen LogP contribution in [0.2, 0.25) is 0 Å². The molecular formula is C21H19FN6OS. The van der Waals surface area contributed by atoms with Crippen LogP contribution in [0, 0.1) is 12.7 Å². The molecule has 0 aliphatic rings. The summed E-state index contributed by atoms with van der Waals surface area (Å²) in [5.41, 5.74) is 2.39. The van der Waals surface area contributed by atoms with E-state index in [4.69, 9.17) is 0 Å². The minimum absolute atomic E-state index is 0.210. The normalized spacial score (nSPS) is 10.7. The molecule has 30 heavy (non-hydrogen) atoms. The van der Waals surface area contributed by atoms with Crippen LogP contribution in [0.4, 0.5) is 14.3 Å². The first kappa shape index (κ1) is 19.7. The van der Waals surface area contributed by atoms with Crippen molar-refractivity contribution in [2.24, 2.45) is 0 Å². The first-order valence-electron chi connectivity index (χ1n) is 9.27. The summed E-state index contributed by atoms with van der Waals surface area (Å²) in [6, 6.07) is 14.4. The van der Waals surface area contributed by atoms with E-state index in [1.807, 2.05) is 41.0 Å². The van der Waals surface area contributed by atoms with Gasteiger partial charge in [-0.25, -0.2) is 14.2 Å². The molecule has 2 aromatic heterocycles. The van der Waals surface area contributed by atoms with Gasteiger partial charge in [-0.2, -0.15) is 0 Å².